The van der Waals surface area contributed by atoms with Gasteiger partial charge in [-0.2, -0.15) is 0 Å². The van der Waals surface area contributed by atoms with Crippen LogP contribution in [0.1, 0.15) is 33.1 Å². The van der Waals surface area contributed by atoms with Crippen molar-refractivity contribution in [2.75, 3.05) is 6.61 Å². The number of hydrogen-bond acceptors (Lipinski definition) is 3. The summed E-state index contributed by atoms with van der Waals surface area (Å²) >= 11 is 0. The van der Waals surface area contributed by atoms with Crippen molar-refractivity contribution in [1.82, 2.24) is 5.32 Å². The van der Waals surface area contributed by atoms with Gasteiger partial charge in [-0.05, 0) is 26.7 Å². The number of nitrogens with one attached hydrogen (secondary N) is 1. The van der Waals surface area contributed by atoms with Crippen molar-refractivity contribution in [3.8, 4) is 0 Å². The maximum Gasteiger partial charge on any atom is 0.305 e. The summed E-state index contributed by atoms with van der Waals surface area (Å²) in [6.07, 6.45) is 1.11. The summed E-state index contributed by atoms with van der Waals surface area (Å²) in [5.41, 5.74) is -0.727. The summed E-state index contributed by atoms with van der Waals surface area (Å²) < 4.78 is 5.21. The second kappa shape index (κ2) is 4.61. The lowest BCUT2D eigenvalue weighted by Gasteiger charge is -2.25. The molecule has 0 aromatic rings. The molecule has 1 heterocycles. The van der Waals surface area contributed by atoms with Crippen molar-refractivity contribution < 1.29 is 19.4 Å². The van der Waals surface area contributed by atoms with Gasteiger partial charge in [-0.1, -0.05) is 0 Å². The van der Waals surface area contributed by atoms with Crippen LogP contribution in [0.2, 0.25) is 0 Å². The van der Waals surface area contributed by atoms with Gasteiger partial charge in [0.05, 0.1) is 6.42 Å². The standard InChI is InChI=1S/C10H17NO4/c1-10(2,6-8(12)13)11-9(14)7-4-3-5-15-7/h7H,3-6H2,1-2H3,(H,11,14)(H,12,13)/t7-/m1/s1. The molecule has 1 fully saturated rings. The second-order valence-electron chi connectivity index (χ2n) is 4.45. The molecule has 5 heteroatoms. The van der Waals surface area contributed by atoms with Crippen molar-refractivity contribution in [3.05, 3.63) is 0 Å². The lowest BCUT2D eigenvalue weighted by Crippen LogP contribution is -2.48. The number of hydrogen-bond donors (Lipinski definition) is 2. The molecule has 86 valence electrons. The summed E-state index contributed by atoms with van der Waals surface area (Å²) in [4.78, 5) is 22.1. The van der Waals surface area contributed by atoms with Gasteiger partial charge in [0, 0.05) is 12.1 Å². The molecule has 5 nitrogen and oxygen atoms in total. The van der Waals surface area contributed by atoms with Gasteiger partial charge < -0.3 is 15.2 Å². The predicted molar refractivity (Wildman–Crippen MR) is 53.4 cm³/mol. The Kier molecular flexibility index (Phi) is 3.68. The molecule has 0 aromatic carbocycles. The van der Waals surface area contributed by atoms with Gasteiger partial charge in [0.25, 0.3) is 0 Å². The third-order valence-corrected chi connectivity index (χ3v) is 2.28. The molecule has 0 aromatic heterocycles. The lowest BCUT2D eigenvalue weighted by atomic mass is 10.0. The molecule has 1 aliphatic heterocycles. The van der Waals surface area contributed by atoms with E-state index in [1.54, 1.807) is 13.8 Å². The lowest BCUT2D eigenvalue weighted by molar-refractivity contribution is -0.139. The number of carbonyl (C=O) groups is 2. The number of carboxylic acid groups (broad SMARTS) is 1. The van der Waals surface area contributed by atoms with Crippen molar-refractivity contribution in [2.24, 2.45) is 0 Å². The molecule has 2 N–H and O–H groups in total. The Morgan fingerprint density at radius 1 is 1.53 bits per heavy atom. The third-order valence-electron chi connectivity index (χ3n) is 2.28. The zero-order valence-electron chi connectivity index (χ0n) is 9.08. The molecule has 0 radical (unpaired) electrons. The van der Waals surface area contributed by atoms with Crippen LogP contribution in [0.3, 0.4) is 0 Å². The van der Waals surface area contributed by atoms with Gasteiger partial charge in [-0.15, -0.1) is 0 Å². The quantitative estimate of drug-likeness (QED) is 0.717. The summed E-state index contributed by atoms with van der Waals surface area (Å²) in [5.74, 6) is -1.13. The average Bonchev–Trinajstić information content (AvgIpc) is 2.50. The smallest absolute Gasteiger partial charge is 0.305 e. The molecule has 1 saturated heterocycles. The Morgan fingerprint density at radius 2 is 2.20 bits per heavy atom. The van der Waals surface area contributed by atoms with Gasteiger partial charge in [0.2, 0.25) is 5.91 Å². The largest absolute Gasteiger partial charge is 0.481 e. The van der Waals surface area contributed by atoms with Gasteiger partial charge in [-0.3, -0.25) is 9.59 Å². The van der Waals surface area contributed by atoms with Crippen LogP contribution >= 0.6 is 0 Å². The zero-order valence-corrected chi connectivity index (χ0v) is 9.08. The highest BCUT2D eigenvalue weighted by atomic mass is 16.5. The van der Waals surface area contributed by atoms with Crippen molar-refractivity contribution in [1.29, 1.82) is 0 Å². The number of rotatable bonds is 4. The minimum Gasteiger partial charge on any atom is -0.481 e. The molecule has 1 aliphatic rings. The SMILES string of the molecule is CC(C)(CC(=O)O)NC(=O)[C@H]1CCCO1. The monoisotopic (exact) mass is 215 g/mol. The molecule has 1 rings (SSSR count). The molecule has 1 amide bonds. The summed E-state index contributed by atoms with van der Waals surface area (Å²) in [6, 6.07) is 0. The number of amides is 1. The fourth-order valence-electron chi connectivity index (χ4n) is 1.62. The molecule has 0 aliphatic carbocycles. The molecule has 15 heavy (non-hydrogen) atoms. The Morgan fingerprint density at radius 3 is 2.67 bits per heavy atom. The van der Waals surface area contributed by atoms with Crippen molar-refractivity contribution in [3.63, 3.8) is 0 Å². The van der Waals surface area contributed by atoms with Gasteiger partial charge in [-0.25, -0.2) is 0 Å². The fraction of sp³-hybridized carbons (Fsp3) is 0.800. The number of aliphatic carboxylic acids is 1. The van der Waals surface area contributed by atoms with E-state index < -0.39 is 17.6 Å². The van der Waals surface area contributed by atoms with Crippen LogP contribution in [0.4, 0.5) is 0 Å². The maximum absolute atomic E-state index is 11.6. The maximum atomic E-state index is 11.6. The predicted octanol–water partition coefficient (Wildman–Crippen LogP) is 0.535. The Bertz CT molecular complexity index is 256. The fourth-order valence-corrected chi connectivity index (χ4v) is 1.62. The highest BCUT2D eigenvalue weighted by Crippen LogP contribution is 2.15. The molecular weight excluding hydrogens is 198 g/mol. The summed E-state index contributed by atoms with van der Waals surface area (Å²) in [6.45, 7) is 3.99. The van der Waals surface area contributed by atoms with E-state index in [0.717, 1.165) is 12.8 Å². The number of carbonyl (C=O) groups excluding carboxylic acids is 1. The van der Waals surface area contributed by atoms with Crippen LogP contribution in [0.25, 0.3) is 0 Å². The van der Waals surface area contributed by atoms with Crippen LogP contribution in [-0.2, 0) is 14.3 Å². The van der Waals surface area contributed by atoms with Gasteiger partial charge >= 0.3 is 5.97 Å². The van der Waals surface area contributed by atoms with E-state index in [9.17, 15) is 9.59 Å². The normalized spacial score (nSPS) is 21.3. The zero-order chi connectivity index (χ0) is 11.5. The number of carboxylic acids is 1. The van der Waals surface area contributed by atoms with E-state index >= 15 is 0 Å². The topological polar surface area (TPSA) is 75.6 Å². The molecular formula is C10H17NO4. The Hall–Kier alpha value is -1.10. The van der Waals surface area contributed by atoms with Crippen molar-refractivity contribution in [2.45, 2.75) is 44.8 Å². The first-order chi connectivity index (χ1) is 6.91. The summed E-state index contributed by atoms with van der Waals surface area (Å²) in [5, 5.41) is 11.3. The van der Waals surface area contributed by atoms with Gasteiger partial charge in [0.1, 0.15) is 6.10 Å². The highest BCUT2D eigenvalue weighted by molar-refractivity contribution is 5.82. The average molecular weight is 215 g/mol. The van der Waals surface area contributed by atoms with E-state index in [2.05, 4.69) is 5.32 Å². The molecule has 0 bridgehead atoms. The van der Waals surface area contributed by atoms with Crippen LogP contribution in [-0.4, -0.2) is 35.2 Å². The molecule has 0 unspecified atom stereocenters. The molecule has 0 saturated carbocycles. The highest BCUT2D eigenvalue weighted by Gasteiger charge is 2.30. The van der Waals surface area contributed by atoms with E-state index in [-0.39, 0.29) is 12.3 Å². The molecule has 0 spiro atoms. The van der Waals surface area contributed by atoms with Crippen molar-refractivity contribution >= 4 is 11.9 Å². The van der Waals surface area contributed by atoms with E-state index in [0.29, 0.717) is 6.61 Å². The van der Waals surface area contributed by atoms with Crippen LogP contribution < -0.4 is 5.32 Å². The minimum absolute atomic E-state index is 0.0918. The first-order valence-electron chi connectivity index (χ1n) is 5.06. The number of ether oxygens (including phenoxy) is 1. The van der Waals surface area contributed by atoms with Gasteiger partial charge in [0.15, 0.2) is 0 Å². The Labute approximate surface area is 88.8 Å². The minimum atomic E-state index is -0.923. The Balaban J connectivity index is 2.44. The molecule has 1 atom stereocenters. The van der Waals surface area contributed by atoms with E-state index in [1.807, 2.05) is 0 Å². The first-order valence-corrected chi connectivity index (χ1v) is 5.06. The first kappa shape index (κ1) is 12.0. The second-order valence-corrected chi connectivity index (χ2v) is 4.45. The third kappa shape index (κ3) is 3.87. The van der Waals surface area contributed by atoms with Crippen LogP contribution in [0, 0.1) is 0 Å². The van der Waals surface area contributed by atoms with Crippen LogP contribution in [0.15, 0.2) is 0 Å². The van der Waals surface area contributed by atoms with E-state index in [1.165, 1.54) is 0 Å². The summed E-state index contributed by atoms with van der Waals surface area (Å²) in [7, 11) is 0. The van der Waals surface area contributed by atoms with Crippen LogP contribution in [0.5, 0.6) is 0 Å². The van der Waals surface area contributed by atoms with E-state index in [4.69, 9.17) is 9.84 Å².